The largest absolute Gasteiger partial charge is 0.391 e. The summed E-state index contributed by atoms with van der Waals surface area (Å²) < 4.78 is 0. The molecule has 3 nitrogen and oxygen atoms in total. The van der Waals surface area contributed by atoms with Gasteiger partial charge in [-0.25, -0.2) is 0 Å². The van der Waals surface area contributed by atoms with E-state index in [0.29, 0.717) is 6.04 Å². The molecule has 2 fully saturated rings. The van der Waals surface area contributed by atoms with E-state index in [-0.39, 0.29) is 6.10 Å². The Kier molecular flexibility index (Phi) is 4.62. The normalized spacial score (nSPS) is 33.4. The fourth-order valence-corrected chi connectivity index (χ4v) is 3.13. The van der Waals surface area contributed by atoms with Gasteiger partial charge in [-0.2, -0.15) is 0 Å². The van der Waals surface area contributed by atoms with Crippen LogP contribution in [0.15, 0.2) is 0 Å². The van der Waals surface area contributed by atoms with Crippen molar-refractivity contribution in [3.05, 3.63) is 0 Å². The first kappa shape index (κ1) is 12.3. The number of hydrogen-bond acceptors (Lipinski definition) is 3. The molecule has 0 spiro atoms. The Morgan fingerprint density at radius 3 is 2.50 bits per heavy atom. The fourth-order valence-electron chi connectivity index (χ4n) is 3.13. The average Bonchev–Trinajstić information content (AvgIpc) is 2.74. The Bertz CT molecular complexity index is 202. The molecule has 0 amide bonds. The van der Waals surface area contributed by atoms with Crippen LogP contribution < -0.4 is 5.32 Å². The highest BCUT2D eigenvalue weighted by atomic mass is 16.3. The number of nitrogens with zero attached hydrogens (tertiary/aromatic N) is 1. The van der Waals surface area contributed by atoms with Gasteiger partial charge in [0.05, 0.1) is 6.10 Å². The lowest BCUT2D eigenvalue weighted by Gasteiger charge is -2.37. The first-order chi connectivity index (χ1) is 7.81. The standard InChI is InChI=1S/C13H26N2O/c1-2-8-14-11-6-9-15(10-7-11)12-4-3-5-13(12)16/h11-14,16H,2-10H2,1H3. The number of likely N-dealkylation sites (tertiary alicyclic amines) is 1. The Morgan fingerprint density at radius 1 is 1.19 bits per heavy atom. The third kappa shape index (κ3) is 2.96. The van der Waals surface area contributed by atoms with Crippen molar-refractivity contribution in [1.82, 2.24) is 10.2 Å². The molecule has 0 aromatic carbocycles. The third-order valence-corrected chi connectivity index (χ3v) is 4.13. The number of piperidine rings is 1. The molecule has 1 heterocycles. The van der Waals surface area contributed by atoms with Crippen molar-refractivity contribution in [2.45, 2.75) is 63.6 Å². The predicted octanol–water partition coefficient (Wildman–Crippen LogP) is 1.36. The van der Waals surface area contributed by atoms with Crippen LogP contribution in [0.3, 0.4) is 0 Å². The number of aliphatic hydroxyl groups is 1. The molecule has 2 aliphatic rings. The van der Waals surface area contributed by atoms with Crippen LogP contribution in [0.1, 0.15) is 45.4 Å². The van der Waals surface area contributed by atoms with Crippen molar-refractivity contribution in [3.63, 3.8) is 0 Å². The molecule has 1 aliphatic heterocycles. The molecular weight excluding hydrogens is 200 g/mol. The van der Waals surface area contributed by atoms with Crippen molar-refractivity contribution in [3.8, 4) is 0 Å². The van der Waals surface area contributed by atoms with Gasteiger partial charge >= 0.3 is 0 Å². The quantitative estimate of drug-likeness (QED) is 0.760. The molecule has 94 valence electrons. The Labute approximate surface area is 99.2 Å². The SMILES string of the molecule is CCCNC1CCN(C2CCCC2O)CC1. The zero-order chi connectivity index (χ0) is 11.4. The lowest BCUT2D eigenvalue weighted by molar-refractivity contribution is 0.0528. The molecule has 2 unspecified atom stereocenters. The first-order valence-corrected chi connectivity index (χ1v) is 6.96. The van der Waals surface area contributed by atoms with Gasteiger partial charge in [0.15, 0.2) is 0 Å². The summed E-state index contributed by atoms with van der Waals surface area (Å²) in [5.74, 6) is 0. The molecule has 1 saturated carbocycles. The second-order valence-corrected chi connectivity index (χ2v) is 5.33. The minimum absolute atomic E-state index is 0.0554. The smallest absolute Gasteiger partial charge is 0.0695 e. The van der Waals surface area contributed by atoms with E-state index in [9.17, 15) is 5.11 Å². The molecule has 0 aromatic rings. The topological polar surface area (TPSA) is 35.5 Å². The number of hydrogen-bond donors (Lipinski definition) is 2. The van der Waals surface area contributed by atoms with Crippen LogP contribution in [-0.2, 0) is 0 Å². The van der Waals surface area contributed by atoms with Gasteiger partial charge in [-0.05, 0) is 45.1 Å². The Morgan fingerprint density at radius 2 is 1.94 bits per heavy atom. The molecule has 0 aromatic heterocycles. The highest BCUT2D eigenvalue weighted by Gasteiger charge is 2.32. The van der Waals surface area contributed by atoms with Gasteiger partial charge < -0.3 is 10.4 Å². The van der Waals surface area contributed by atoms with Gasteiger partial charge in [-0.15, -0.1) is 0 Å². The van der Waals surface area contributed by atoms with Crippen LogP contribution in [0.5, 0.6) is 0 Å². The maximum atomic E-state index is 9.89. The summed E-state index contributed by atoms with van der Waals surface area (Å²) in [6, 6.07) is 1.18. The van der Waals surface area contributed by atoms with Crippen LogP contribution in [-0.4, -0.2) is 47.8 Å². The lowest BCUT2D eigenvalue weighted by Crippen LogP contribution is -2.49. The molecule has 1 aliphatic carbocycles. The van der Waals surface area contributed by atoms with Gasteiger partial charge in [-0.1, -0.05) is 6.92 Å². The van der Waals surface area contributed by atoms with E-state index in [2.05, 4.69) is 17.1 Å². The van der Waals surface area contributed by atoms with Crippen LogP contribution in [0.4, 0.5) is 0 Å². The summed E-state index contributed by atoms with van der Waals surface area (Å²) in [4.78, 5) is 2.52. The minimum atomic E-state index is -0.0554. The van der Waals surface area contributed by atoms with E-state index in [1.165, 1.54) is 45.2 Å². The zero-order valence-electron chi connectivity index (χ0n) is 10.5. The molecule has 16 heavy (non-hydrogen) atoms. The third-order valence-electron chi connectivity index (χ3n) is 4.13. The summed E-state index contributed by atoms with van der Waals surface area (Å²) in [7, 11) is 0. The lowest BCUT2D eigenvalue weighted by atomic mass is 10.0. The van der Waals surface area contributed by atoms with E-state index in [4.69, 9.17) is 0 Å². The van der Waals surface area contributed by atoms with E-state index in [1.807, 2.05) is 0 Å². The molecule has 1 saturated heterocycles. The second-order valence-electron chi connectivity index (χ2n) is 5.33. The van der Waals surface area contributed by atoms with Crippen molar-refractivity contribution in [1.29, 1.82) is 0 Å². The van der Waals surface area contributed by atoms with Crippen molar-refractivity contribution >= 4 is 0 Å². The average molecular weight is 226 g/mol. The van der Waals surface area contributed by atoms with Crippen molar-refractivity contribution in [2.24, 2.45) is 0 Å². The van der Waals surface area contributed by atoms with Gasteiger partial charge in [-0.3, -0.25) is 4.90 Å². The number of rotatable bonds is 4. The highest BCUT2D eigenvalue weighted by Crippen LogP contribution is 2.26. The summed E-state index contributed by atoms with van der Waals surface area (Å²) in [6.07, 6.45) is 7.10. The molecule has 0 bridgehead atoms. The van der Waals surface area contributed by atoms with E-state index in [0.717, 1.165) is 19.0 Å². The van der Waals surface area contributed by atoms with E-state index < -0.39 is 0 Å². The fraction of sp³-hybridized carbons (Fsp3) is 1.00. The van der Waals surface area contributed by atoms with Gasteiger partial charge in [0.25, 0.3) is 0 Å². The van der Waals surface area contributed by atoms with E-state index >= 15 is 0 Å². The molecule has 3 heteroatoms. The molecule has 2 atom stereocenters. The monoisotopic (exact) mass is 226 g/mol. The molecular formula is C13H26N2O. The van der Waals surface area contributed by atoms with Crippen molar-refractivity contribution in [2.75, 3.05) is 19.6 Å². The zero-order valence-corrected chi connectivity index (χ0v) is 10.5. The summed E-state index contributed by atoms with van der Waals surface area (Å²) >= 11 is 0. The maximum Gasteiger partial charge on any atom is 0.0695 e. The van der Waals surface area contributed by atoms with Crippen LogP contribution in [0.2, 0.25) is 0 Å². The summed E-state index contributed by atoms with van der Waals surface area (Å²) in [6.45, 7) is 5.71. The molecule has 2 rings (SSSR count). The maximum absolute atomic E-state index is 9.89. The predicted molar refractivity (Wildman–Crippen MR) is 66.5 cm³/mol. The number of nitrogens with one attached hydrogen (secondary N) is 1. The second kappa shape index (κ2) is 5.99. The van der Waals surface area contributed by atoms with E-state index in [1.54, 1.807) is 0 Å². The first-order valence-electron chi connectivity index (χ1n) is 6.96. The minimum Gasteiger partial charge on any atom is -0.391 e. The van der Waals surface area contributed by atoms with Gasteiger partial charge in [0.1, 0.15) is 0 Å². The summed E-state index contributed by atoms with van der Waals surface area (Å²) in [5.41, 5.74) is 0. The number of aliphatic hydroxyl groups excluding tert-OH is 1. The van der Waals surface area contributed by atoms with Gasteiger partial charge in [0.2, 0.25) is 0 Å². The molecule has 2 N–H and O–H groups in total. The van der Waals surface area contributed by atoms with Crippen molar-refractivity contribution < 1.29 is 5.11 Å². The molecule has 0 radical (unpaired) electrons. The van der Waals surface area contributed by atoms with Gasteiger partial charge in [0, 0.05) is 25.2 Å². The summed E-state index contributed by atoms with van der Waals surface area (Å²) in [5, 5.41) is 13.5. The Hall–Kier alpha value is -0.120. The highest BCUT2D eigenvalue weighted by molar-refractivity contribution is 4.88. The van der Waals surface area contributed by atoms with Crippen LogP contribution in [0.25, 0.3) is 0 Å². The Balaban J connectivity index is 1.72. The van der Waals surface area contributed by atoms with Crippen LogP contribution >= 0.6 is 0 Å². The van der Waals surface area contributed by atoms with Crippen LogP contribution in [0, 0.1) is 0 Å².